The first-order chi connectivity index (χ1) is 6.15. The molecule has 3 nitrogen and oxygen atoms in total. The number of hydrogen-bond acceptors (Lipinski definition) is 2. The zero-order chi connectivity index (χ0) is 9.84. The minimum atomic E-state index is 0.104. The molecule has 1 rings (SSSR count). The summed E-state index contributed by atoms with van der Waals surface area (Å²) in [5, 5.41) is 5.85. The Morgan fingerprint density at radius 3 is 2.92 bits per heavy atom. The Balaban J connectivity index is 2.57. The van der Waals surface area contributed by atoms with Gasteiger partial charge in [-0.1, -0.05) is 19.4 Å². The molecule has 13 heavy (non-hydrogen) atoms. The van der Waals surface area contributed by atoms with Gasteiger partial charge in [0.1, 0.15) is 0 Å². The van der Waals surface area contributed by atoms with E-state index in [4.69, 9.17) is 0 Å². The van der Waals surface area contributed by atoms with Gasteiger partial charge in [-0.3, -0.25) is 4.79 Å². The van der Waals surface area contributed by atoms with Crippen LogP contribution in [0.2, 0.25) is 0 Å². The van der Waals surface area contributed by atoms with Gasteiger partial charge in [0.05, 0.1) is 5.92 Å². The predicted molar refractivity (Wildman–Crippen MR) is 53.1 cm³/mol. The summed E-state index contributed by atoms with van der Waals surface area (Å²) in [5.41, 5.74) is 1.33. The molecule has 1 aliphatic rings. The second kappa shape index (κ2) is 4.30. The van der Waals surface area contributed by atoms with E-state index in [1.165, 1.54) is 5.57 Å². The van der Waals surface area contributed by atoms with E-state index in [0.29, 0.717) is 5.92 Å². The Morgan fingerprint density at radius 1 is 1.69 bits per heavy atom. The first kappa shape index (κ1) is 10.1. The van der Waals surface area contributed by atoms with E-state index in [1.807, 2.05) is 6.20 Å². The summed E-state index contributed by atoms with van der Waals surface area (Å²) in [6.07, 6.45) is 2.94. The van der Waals surface area contributed by atoms with Crippen molar-refractivity contribution >= 4 is 5.91 Å². The Hall–Kier alpha value is -0.990. The SMILES string of the molecule is CNC(=O)C1CNC=C(C(C)C)C1. The molecule has 3 heteroatoms. The molecule has 1 unspecified atom stereocenters. The van der Waals surface area contributed by atoms with Gasteiger partial charge in [0.15, 0.2) is 0 Å². The van der Waals surface area contributed by atoms with Crippen LogP contribution in [0.1, 0.15) is 20.3 Å². The Bertz CT molecular complexity index is 221. The van der Waals surface area contributed by atoms with Gasteiger partial charge in [0.2, 0.25) is 5.91 Å². The maximum absolute atomic E-state index is 11.4. The van der Waals surface area contributed by atoms with Crippen LogP contribution in [-0.4, -0.2) is 19.5 Å². The summed E-state index contributed by atoms with van der Waals surface area (Å²) in [6.45, 7) is 5.06. The van der Waals surface area contributed by atoms with Gasteiger partial charge in [-0.15, -0.1) is 0 Å². The molecule has 0 aromatic carbocycles. The number of carbonyl (C=O) groups excluding carboxylic acids is 1. The second-order valence-corrected chi connectivity index (χ2v) is 3.80. The Morgan fingerprint density at radius 2 is 2.38 bits per heavy atom. The summed E-state index contributed by atoms with van der Waals surface area (Å²) >= 11 is 0. The highest BCUT2D eigenvalue weighted by Crippen LogP contribution is 2.21. The van der Waals surface area contributed by atoms with Crippen LogP contribution in [-0.2, 0) is 4.79 Å². The third kappa shape index (κ3) is 2.47. The highest BCUT2D eigenvalue weighted by molar-refractivity contribution is 5.79. The van der Waals surface area contributed by atoms with E-state index in [-0.39, 0.29) is 11.8 Å². The van der Waals surface area contributed by atoms with Gasteiger partial charge < -0.3 is 10.6 Å². The highest BCUT2D eigenvalue weighted by Gasteiger charge is 2.22. The lowest BCUT2D eigenvalue weighted by Crippen LogP contribution is -2.37. The third-order valence-corrected chi connectivity index (χ3v) is 2.49. The van der Waals surface area contributed by atoms with Crippen molar-refractivity contribution in [1.29, 1.82) is 0 Å². The molecule has 74 valence electrons. The molecule has 0 aromatic heterocycles. The summed E-state index contributed by atoms with van der Waals surface area (Å²) < 4.78 is 0. The topological polar surface area (TPSA) is 41.1 Å². The second-order valence-electron chi connectivity index (χ2n) is 3.80. The standard InChI is InChI=1S/C10H18N2O/c1-7(2)8-4-9(6-12-5-8)10(13)11-3/h5,7,9,12H,4,6H2,1-3H3,(H,11,13). The third-order valence-electron chi connectivity index (χ3n) is 2.49. The van der Waals surface area contributed by atoms with Crippen molar-refractivity contribution in [2.75, 3.05) is 13.6 Å². The average molecular weight is 182 g/mol. The number of carbonyl (C=O) groups is 1. The van der Waals surface area contributed by atoms with Crippen LogP contribution in [0.3, 0.4) is 0 Å². The molecule has 0 aliphatic carbocycles. The van der Waals surface area contributed by atoms with Gasteiger partial charge in [-0.2, -0.15) is 0 Å². The number of amides is 1. The molecule has 0 fully saturated rings. The Labute approximate surface area is 79.6 Å². The predicted octanol–water partition coefficient (Wildman–Crippen LogP) is 0.882. The molecule has 1 aliphatic heterocycles. The number of nitrogens with one attached hydrogen (secondary N) is 2. The average Bonchev–Trinajstić information content (AvgIpc) is 2.17. The molecule has 0 aromatic rings. The number of allylic oxidation sites excluding steroid dienone is 1. The van der Waals surface area contributed by atoms with Crippen LogP contribution in [0, 0.1) is 11.8 Å². The monoisotopic (exact) mass is 182 g/mol. The molecule has 1 amide bonds. The van der Waals surface area contributed by atoms with Crippen molar-refractivity contribution < 1.29 is 4.79 Å². The highest BCUT2D eigenvalue weighted by atomic mass is 16.1. The lowest BCUT2D eigenvalue weighted by molar-refractivity contribution is -0.124. The smallest absolute Gasteiger partial charge is 0.224 e. The van der Waals surface area contributed by atoms with E-state index in [9.17, 15) is 4.79 Å². The fourth-order valence-corrected chi connectivity index (χ4v) is 1.54. The van der Waals surface area contributed by atoms with Crippen molar-refractivity contribution in [3.63, 3.8) is 0 Å². The largest absolute Gasteiger partial charge is 0.390 e. The molecule has 1 atom stereocenters. The van der Waals surface area contributed by atoms with Crippen LogP contribution in [0.5, 0.6) is 0 Å². The van der Waals surface area contributed by atoms with Gasteiger partial charge in [0.25, 0.3) is 0 Å². The maximum Gasteiger partial charge on any atom is 0.224 e. The van der Waals surface area contributed by atoms with Gasteiger partial charge in [-0.25, -0.2) is 0 Å². The molecule has 0 radical (unpaired) electrons. The maximum atomic E-state index is 11.4. The van der Waals surface area contributed by atoms with Crippen molar-refractivity contribution in [1.82, 2.24) is 10.6 Å². The molecule has 2 N–H and O–H groups in total. The van der Waals surface area contributed by atoms with E-state index in [0.717, 1.165) is 13.0 Å². The molecule has 0 spiro atoms. The minimum absolute atomic E-state index is 0.104. The summed E-state index contributed by atoms with van der Waals surface area (Å²) in [6, 6.07) is 0. The van der Waals surface area contributed by atoms with Crippen molar-refractivity contribution in [3.05, 3.63) is 11.8 Å². The van der Waals surface area contributed by atoms with Gasteiger partial charge in [-0.05, 0) is 18.5 Å². The fraction of sp³-hybridized carbons (Fsp3) is 0.700. The van der Waals surface area contributed by atoms with Crippen LogP contribution in [0.15, 0.2) is 11.8 Å². The van der Waals surface area contributed by atoms with Crippen LogP contribution >= 0.6 is 0 Å². The van der Waals surface area contributed by atoms with E-state index in [2.05, 4.69) is 24.5 Å². The number of hydrogen-bond donors (Lipinski definition) is 2. The summed E-state index contributed by atoms with van der Waals surface area (Å²) in [7, 11) is 1.69. The zero-order valence-corrected chi connectivity index (χ0v) is 8.55. The van der Waals surface area contributed by atoms with Crippen molar-refractivity contribution in [3.8, 4) is 0 Å². The molecule has 0 bridgehead atoms. The first-order valence-corrected chi connectivity index (χ1v) is 4.79. The zero-order valence-electron chi connectivity index (χ0n) is 8.55. The van der Waals surface area contributed by atoms with Crippen LogP contribution in [0.4, 0.5) is 0 Å². The molecule has 1 heterocycles. The quantitative estimate of drug-likeness (QED) is 0.665. The van der Waals surface area contributed by atoms with E-state index < -0.39 is 0 Å². The lowest BCUT2D eigenvalue weighted by Gasteiger charge is -2.24. The number of rotatable bonds is 2. The van der Waals surface area contributed by atoms with Gasteiger partial charge >= 0.3 is 0 Å². The van der Waals surface area contributed by atoms with E-state index >= 15 is 0 Å². The first-order valence-electron chi connectivity index (χ1n) is 4.79. The van der Waals surface area contributed by atoms with Crippen LogP contribution in [0.25, 0.3) is 0 Å². The lowest BCUT2D eigenvalue weighted by atomic mass is 9.90. The van der Waals surface area contributed by atoms with Crippen molar-refractivity contribution in [2.24, 2.45) is 11.8 Å². The Kier molecular flexibility index (Phi) is 3.34. The summed E-state index contributed by atoms with van der Waals surface area (Å²) in [5.74, 6) is 0.770. The molecule has 0 saturated carbocycles. The van der Waals surface area contributed by atoms with Gasteiger partial charge in [0, 0.05) is 13.6 Å². The fourth-order valence-electron chi connectivity index (χ4n) is 1.54. The van der Waals surface area contributed by atoms with Crippen molar-refractivity contribution in [2.45, 2.75) is 20.3 Å². The minimum Gasteiger partial charge on any atom is -0.390 e. The summed E-state index contributed by atoms with van der Waals surface area (Å²) in [4.78, 5) is 11.4. The van der Waals surface area contributed by atoms with E-state index in [1.54, 1.807) is 7.05 Å². The molecular weight excluding hydrogens is 164 g/mol. The molecule has 0 saturated heterocycles. The molecular formula is C10H18N2O. The van der Waals surface area contributed by atoms with Crippen LogP contribution < -0.4 is 10.6 Å². The normalized spacial score (nSPS) is 22.2.